The second-order valence-corrected chi connectivity index (χ2v) is 11.3. The summed E-state index contributed by atoms with van der Waals surface area (Å²) in [5, 5.41) is 0. The van der Waals surface area contributed by atoms with Gasteiger partial charge in [0.2, 0.25) is 15.9 Å². The van der Waals surface area contributed by atoms with Crippen LogP contribution in [-0.4, -0.2) is 73.4 Å². The molecule has 182 valence electrons. The number of carbonyl (C=O) groups excluding carboxylic acids is 1. The molecule has 0 spiro atoms. The van der Waals surface area contributed by atoms with Crippen molar-refractivity contribution < 1.29 is 13.2 Å². The fraction of sp³-hybridized carbons (Fsp3) is 0.440. The third-order valence-corrected chi connectivity index (χ3v) is 8.65. The number of amides is 1. The van der Waals surface area contributed by atoms with Gasteiger partial charge in [-0.25, -0.2) is 17.7 Å². The van der Waals surface area contributed by atoms with E-state index in [0.717, 1.165) is 24.4 Å². The molecule has 1 aromatic heterocycles. The van der Waals surface area contributed by atoms with Gasteiger partial charge in [-0.3, -0.25) is 4.79 Å². The molecule has 0 radical (unpaired) electrons. The molecule has 3 aromatic rings. The maximum Gasteiger partial charge on any atom is 0.242 e. The van der Waals surface area contributed by atoms with Crippen molar-refractivity contribution in [2.24, 2.45) is 7.05 Å². The first-order valence-corrected chi connectivity index (χ1v) is 13.0. The first kappa shape index (κ1) is 24.2. The fourth-order valence-corrected chi connectivity index (χ4v) is 5.40. The highest BCUT2D eigenvalue weighted by molar-refractivity contribution is 7.89. The molecule has 0 bridgehead atoms. The summed E-state index contributed by atoms with van der Waals surface area (Å²) < 4.78 is 28.0. The molecule has 2 heterocycles. The van der Waals surface area contributed by atoms with Crippen molar-refractivity contribution in [3.8, 4) is 0 Å². The standard InChI is InChI=1S/C25H33N5O3S/c1-18-7-6-8-22(19(18)2)29-13-15-30(16-14-29)25(31)12-11-24-26-21-17-20(34(32,33)27(3)4)9-10-23(21)28(24)5/h6-10,17H,11-16H2,1-5H3. The predicted octanol–water partition coefficient (Wildman–Crippen LogP) is 2.72. The van der Waals surface area contributed by atoms with Crippen molar-refractivity contribution in [3.63, 3.8) is 0 Å². The lowest BCUT2D eigenvalue weighted by atomic mass is 10.1. The lowest BCUT2D eigenvalue weighted by Gasteiger charge is -2.37. The lowest BCUT2D eigenvalue weighted by molar-refractivity contribution is -0.131. The molecule has 0 aliphatic carbocycles. The van der Waals surface area contributed by atoms with Gasteiger partial charge < -0.3 is 14.4 Å². The Morgan fingerprint density at radius 1 is 1.06 bits per heavy atom. The highest BCUT2D eigenvalue weighted by Crippen LogP contribution is 2.25. The minimum atomic E-state index is -3.52. The van der Waals surface area contributed by atoms with Crippen LogP contribution < -0.4 is 4.90 Å². The van der Waals surface area contributed by atoms with E-state index in [4.69, 9.17) is 0 Å². The molecule has 0 N–H and O–H groups in total. The first-order valence-electron chi connectivity index (χ1n) is 11.6. The second kappa shape index (κ2) is 9.38. The highest BCUT2D eigenvalue weighted by atomic mass is 32.2. The van der Waals surface area contributed by atoms with Crippen LogP contribution in [0.3, 0.4) is 0 Å². The zero-order valence-electron chi connectivity index (χ0n) is 20.6. The number of hydrogen-bond donors (Lipinski definition) is 0. The number of imidazole rings is 1. The molecule has 9 heteroatoms. The number of rotatable bonds is 6. The van der Waals surface area contributed by atoms with Gasteiger partial charge in [0.05, 0.1) is 15.9 Å². The summed E-state index contributed by atoms with van der Waals surface area (Å²) >= 11 is 0. The Hall–Kier alpha value is -2.91. The lowest BCUT2D eigenvalue weighted by Crippen LogP contribution is -2.49. The molecule has 34 heavy (non-hydrogen) atoms. The number of aryl methyl sites for hydroxylation is 3. The molecule has 4 rings (SSSR count). The van der Waals surface area contributed by atoms with Crippen molar-refractivity contribution in [1.29, 1.82) is 0 Å². The van der Waals surface area contributed by atoms with Crippen LogP contribution in [0.15, 0.2) is 41.3 Å². The minimum Gasteiger partial charge on any atom is -0.368 e. The summed E-state index contributed by atoms with van der Waals surface area (Å²) in [6.45, 7) is 7.34. The van der Waals surface area contributed by atoms with Crippen molar-refractivity contribution in [3.05, 3.63) is 53.3 Å². The topological polar surface area (TPSA) is 78.8 Å². The van der Waals surface area contributed by atoms with E-state index < -0.39 is 10.0 Å². The van der Waals surface area contributed by atoms with E-state index in [0.29, 0.717) is 31.4 Å². The maximum atomic E-state index is 12.9. The van der Waals surface area contributed by atoms with E-state index >= 15 is 0 Å². The SMILES string of the molecule is Cc1cccc(N2CCN(C(=O)CCc3nc4cc(S(=O)(=O)N(C)C)ccc4n3C)CC2)c1C. The Morgan fingerprint density at radius 3 is 2.44 bits per heavy atom. The fourth-order valence-electron chi connectivity index (χ4n) is 4.48. The monoisotopic (exact) mass is 483 g/mol. The van der Waals surface area contributed by atoms with Gasteiger partial charge in [0.15, 0.2) is 0 Å². The average Bonchev–Trinajstić information content (AvgIpc) is 3.14. The largest absolute Gasteiger partial charge is 0.368 e. The number of carbonyl (C=O) groups is 1. The summed E-state index contributed by atoms with van der Waals surface area (Å²) in [5.41, 5.74) is 5.30. The third-order valence-electron chi connectivity index (χ3n) is 6.84. The van der Waals surface area contributed by atoms with Crippen LogP contribution in [0.5, 0.6) is 0 Å². The zero-order chi connectivity index (χ0) is 24.6. The number of hydrogen-bond acceptors (Lipinski definition) is 5. The van der Waals surface area contributed by atoms with Crippen LogP contribution in [0.4, 0.5) is 5.69 Å². The summed E-state index contributed by atoms with van der Waals surface area (Å²) in [5.74, 6) is 0.903. The van der Waals surface area contributed by atoms with Gasteiger partial charge in [-0.1, -0.05) is 12.1 Å². The Balaban J connectivity index is 1.40. The molecule has 1 aliphatic rings. The smallest absolute Gasteiger partial charge is 0.242 e. The molecule has 8 nitrogen and oxygen atoms in total. The van der Waals surface area contributed by atoms with Crippen molar-refractivity contribution in [2.45, 2.75) is 31.6 Å². The summed E-state index contributed by atoms with van der Waals surface area (Å²) in [6, 6.07) is 11.3. The summed E-state index contributed by atoms with van der Waals surface area (Å²) in [7, 11) is 1.40. The van der Waals surface area contributed by atoms with E-state index in [1.807, 2.05) is 16.5 Å². The van der Waals surface area contributed by atoms with Crippen LogP contribution in [0.2, 0.25) is 0 Å². The number of anilines is 1. The van der Waals surface area contributed by atoms with Crippen LogP contribution >= 0.6 is 0 Å². The van der Waals surface area contributed by atoms with Crippen LogP contribution in [0.25, 0.3) is 11.0 Å². The number of aromatic nitrogens is 2. The van der Waals surface area contributed by atoms with Crippen LogP contribution in [0.1, 0.15) is 23.4 Å². The maximum absolute atomic E-state index is 12.9. The molecule has 1 amide bonds. The molecular formula is C25H33N5O3S. The minimum absolute atomic E-state index is 0.128. The van der Waals surface area contributed by atoms with Crippen molar-refractivity contribution in [2.75, 3.05) is 45.2 Å². The van der Waals surface area contributed by atoms with E-state index in [9.17, 15) is 13.2 Å². The third kappa shape index (κ3) is 4.54. The number of piperazine rings is 1. The Labute approximate surface area is 201 Å². The van der Waals surface area contributed by atoms with E-state index in [1.165, 1.54) is 35.2 Å². The molecule has 0 atom stereocenters. The Morgan fingerprint density at radius 2 is 1.76 bits per heavy atom. The molecule has 1 aliphatic heterocycles. The molecule has 1 fully saturated rings. The molecule has 2 aromatic carbocycles. The van der Waals surface area contributed by atoms with Gasteiger partial charge in [0.25, 0.3) is 0 Å². The van der Waals surface area contributed by atoms with Gasteiger partial charge in [0, 0.05) is 65.9 Å². The normalized spacial score (nSPS) is 14.9. The second-order valence-electron chi connectivity index (χ2n) is 9.11. The van der Waals surface area contributed by atoms with Gasteiger partial charge in [-0.05, 0) is 49.2 Å². The number of nitrogens with zero attached hydrogens (tertiary/aromatic N) is 5. The van der Waals surface area contributed by atoms with Crippen molar-refractivity contribution >= 4 is 32.7 Å². The van der Waals surface area contributed by atoms with Gasteiger partial charge in [-0.15, -0.1) is 0 Å². The Kier molecular flexibility index (Phi) is 6.69. The Bertz CT molecular complexity index is 1320. The quantitative estimate of drug-likeness (QED) is 0.539. The van der Waals surface area contributed by atoms with Gasteiger partial charge in [0.1, 0.15) is 5.82 Å². The predicted molar refractivity (Wildman–Crippen MR) is 135 cm³/mol. The first-order chi connectivity index (χ1) is 16.1. The molecule has 0 saturated carbocycles. The van der Waals surface area contributed by atoms with E-state index in [1.54, 1.807) is 18.2 Å². The molecule has 0 unspecified atom stereocenters. The number of benzene rings is 2. The summed E-state index contributed by atoms with van der Waals surface area (Å²) in [6.07, 6.45) is 0.889. The highest BCUT2D eigenvalue weighted by Gasteiger charge is 2.23. The van der Waals surface area contributed by atoms with Crippen LogP contribution in [0, 0.1) is 13.8 Å². The molecular weight excluding hydrogens is 450 g/mol. The summed E-state index contributed by atoms with van der Waals surface area (Å²) in [4.78, 5) is 22.1. The average molecular weight is 484 g/mol. The molecule has 1 saturated heterocycles. The van der Waals surface area contributed by atoms with E-state index in [-0.39, 0.29) is 10.8 Å². The van der Waals surface area contributed by atoms with Gasteiger partial charge in [-0.2, -0.15) is 0 Å². The zero-order valence-corrected chi connectivity index (χ0v) is 21.4. The van der Waals surface area contributed by atoms with E-state index in [2.05, 4.69) is 41.9 Å². The van der Waals surface area contributed by atoms with Gasteiger partial charge >= 0.3 is 0 Å². The number of sulfonamides is 1. The number of fused-ring (bicyclic) bond motifs is 1. The van der Waals surface area contributed by atoms with Crippen LogP contribution in [-0.2, 0) is 28.3 Å². The van der Waals surface area contributed by atoms with Crippen molar-refractivity contribution in [1.82, 2.24) is 18.8 Å².